The number of rotatable bonds is 3. The van der Waals surface area contributed by atoms with E-state index in [9.17, 15) is 19.2 Å². The standard InChI is InChI=1S/C28H33FN4O4/c1-19-22(10-11-24(29)23(19)14-30)25-17-31-12-13-32(26(34)36-18-20-8-6-5-7-9-20)15-21(31)16-33(25)27(35)37-28(2,3)4/h5-11,21,25H,12-13,15-18H2,1-4H3/t21-,25+/m0/s1. The maximum absolute atomic E-state index is 14.2. The molecule has 8 nitrogen and oxygen atoms in total. The predicted molar refractivity (Wildman–Crippen MR) is 135 cm³/mol. The Balaban J connectivity index is 1.53. The van der Waals surface area contributed by atoms with Crippen molar-refractivity contribution in [3.63, 3.8) is 0 Å². The second kappa shape index (κ2) is 10.8. The van der Waals surface area contributed by atoms with Crippen LogP contribution in [0, 0.1) is 24.1 Å². The molecule has 2 aromatic rings. The maximum atomic E-state index is 14.2. The molecule has 2 aromatic carbocycles. The highest BCUT2D eigenvalue weighted by Crippen LogP contribution is 2.34. The van der Waals surface area contributed by atoms with Gasteiger partial charge in [-0.05, 0) is 50.5 Å². The van der Waals surface area contributed by atoms with Gasteiger partial charge in [0.15, 0.2) is 0 Å². The van der Waals surface area contributed by atoms with Crippen LogP contribution in [0.3, 0.4) is 0 Å². The number of amides is 2. The maximum Gasteiger partial charge on any atom is 0.410 e. The molecule has 196 valence electrons. The van der Waals surface area contributed by atoms with Crippen LogP contribution in [0.15, 0.2) is 42.5 Å². The summed E-state index contributed by atoms with van der Waals surface area (Å²) in [5.41, 5.74) is 1.43. The van der Waals surface area contributed by atoms with Crippen molar-refractivity contribution in [2.24, 2.45) is 0 Å². The van der Waals surface area contributed by atoms with Crippen molar-refractivity contribution < 1.29 is 23.5 Å². The van der Waals surface area contributed by atoms with Crippen LogP contribution in [0.25, 0.3) is 0 Å². The first-order chi connectivity index (χ1) is 17.6. The molecule has 0 bridgehead atoms. The molecule has 2 fully saturated rings. The van der Waals surface area contributed by atoms with E-state index in [1.807, 2.05) is 36.4 Å². The van der Waals surface area contributed by atoms with E-state index in [4.69, 9.17) is 9.47 Å². The first-order valence-corrected chi connectivity index (χ1v) is 12.5. The number of nitriles is 1. The fourth-order valence-electron chi connectivity index (χ4n) is 4.94. The van der Waals surface area contributed by atoms with Gasteiger partial charge >= 0.3 is 12.2 Å². The zero-order chi connectivity index (χ0) is 26.7. The SMILES string of the molecule is Cc1c([C@H]2CN3CCN(C(=O)OCc4ccccc4)C[C@H]3CN2C(=O)OC(C)(C)C)ccc(F)c1C#N. The van der Waals surface area contributed by atoms with E-state index in [0.29, 0.717) is 43.9 Å². The van der Waals surface area contributed by atoms with Crippen LogP contribution in [0.2, 0.25) is 0 Å². The summed E-state index contributed by atoms with van der Waals surface area (Å²) >= 11 is 0. The number of hydrogen-bond acceptors (Lipinski definition) is 6. The lowest BCUT2D eigenvalue weighted by atomic mass is 9.92. The monoisotopic (exact) mass is 508 g/mol. The van der Waals surface area contributed by atoms with Gasteiger partial charge in [0.25, 0.3) is 0 Å². The van der Waals surface area contributed by atoms with Gasteiger partial charge in [-0.25, -0.2) is 14.0 Å². The van der Waals surface area contributed by atoms with Gasteiger partial charge in [0.1, 0.15) is 24.1 Å². The third-order valence-corrected chi connectivity index (χ3v) is 6.81. The molecule has 2 atom stereocenters. The second-order valence-electron chi connectivity index (χ2n) is 10.5. The van der Waals surface area contributed by atoms with Gasteiger partial charge in [0.05, 0.1) is 11.6 Å². The number of halogens is 1. The van der Waals surface area contributed by atoms with Crippen molar-refractivity contribution in [2.45, 2.75) is 52.0 Å². The first kappa shape index (κ1) is 26.4. The Morgan fingerprint density at radius 2 is 1.78 bits per heavy atom. The van der Waals surface area contributed by atoms with Gasteiger partial charge in [-0.2, -0.15) is 5.26 Å². The van der Waals surface area contributed by atoms with Crippen LogP contribution in [-0.4, -0.2) is 71.3 Å². The number of hydrogen-bond donors (Lipinski definition) is 0. The summed E-state index contributed by atoms with van der Waals surface area (Å²) in [5, 5.41) is 9.48. The molecular weight excluding hydrogens is 475 g/mol. The van der Waals surface area contributed by atoms with Gasteiger partial charge in [-0.15, -0.1) is 0 Å². The highest BCUT2D eigenvalue weighted by Gasteiger charge is 2.42. The van der Waals surface area contributed by atoms with Crippen molar-refractivity contribution in [1.82, 2.24) is 14.7 Å². The first-order valence-electron chi connectivity index (χ1n) is 12.5. The number of carbonyl (C=O) groups is 2. The third kappa shape index (κ3) is 6.03. The van der Waals surface area contributed by atoms with Crippen LogP contribution in [0.1, 0.15) is 49.1 Å². The van der Waals surface area contributed by atoms with Gasteiger partial charge in [-0.1, -0.05) is 36.4 Å². The zero-order valence-corrected chi connectivity index (χ0v) is 21.7. The lowest BCUT2D eigenvalue weighted by Crippen LogP contribution is -2.64. The fourth-order valence-corrected chi connectivity index (χ4v) is 4.94. The molecular formula is C28H33FN4O4. The summed E-state index contributed by atoms with van der Waals surface area (Å²) < 4.78 is 25.5. The molecule has 2 aliphatic rings. The van der Waals surface area contributed by atoms with E-state index in [1.165, 1.54) is 6.07 Å². The Hall–Kier alpha value is -3.64. The quantitative estimate of drug-likeness (QED) is 0.601. The summed E-state index contributed by atoms with van der Waals surface area (Å²) in [5.74, 6) is -0.580. The number of fused-ring (bicyclic) bond motifs is 1. The molecule has 9 heteroatoms. The third-order valence-electron chi connectivity index (χ3n) is 6.81. The van der Waals surface area contributed by atoms with E-state index < -0.39 is 23.6 Å². The van der Waals surface area contributed by atoms with Crippen molar-refractivity contribution in [2.75, 3.05) is 32.7 Å². The smallest absolute Gasteiger partial charge is 0.410 e. The van der Waals surface area contributed by atoms with Gasteiger partial charge in [-0.3, -0.25) is 9.80 Å². The normalized spacial score (nSPS) is 20.1. The Bertz CT molecular complexity index is 1190. The van der Waals surface area contributed by atoms with E-state index in [-0.39, 0.29) is 24.3 Å². The zero-order valence-electron chi connectivity index (χ0n) is 21.7. The summed E-state index contributed by atoms with van der Waals surface area (Å²) in [4.78, 5) is 31.7. The van der Waals surface area contributed by atoms with Gasteiger partial charge in [0.2, 0.25) is 0 Å². The van der Waals surface area contributed by atoms with E-state index >= 15 is 0 Å². The molecule has 0 N–H and O–H groups in total. The minimum Gasteiger partial charge on any atom is -0.445 e. The van der Waals surface area contributed by atoms with Crippen LogP contribution in [0.5, 0.6) is 0 Å². The molecule has 2 saturated heterocycles. The Kier molecular flexibility index (Phi) is 7.69. The largest absolute Gasteiger partial charge is 0.445 e. The highest BCUT2D eigenvalue weighted by atomic mass is 19.1. The molecule has 2 aliphatic heterocycles. The van der Waals surface area contributed by atoms with Crippen molar-refractivity contribution in [3.8, 4) is 6.07 Å². The molecule has 4 rings (SSSR count). The molecule has 2 amide bonds. The Labute approximate surface area is 217 Å². The summed E-state index contributed by atoms with van der Waals surface area (Å²) in [6, 6.07) is 13.8. The van der Waals surface area contributed by atoms with E-state index in [0.717, 1.165) is 5.56 Å². The molecule has 0 aliphatic carbocycles. The average molecular weight is 509 g/mol. The van der Waals surface area contributed by atoms with Gasteiger partial charge in [0, 0.05) is 38.8 Å². The molecule has 0 saturated carbocycles. The van der Waals surface area contributed by atoms with Crippen LogP contribution < -0.4 is 0 Å². The fraction of sp³-hybridized carbons (Fsp3) is 0.464. The minimum absolute atomic E-state index is 0.0188. The number of ether oxygens (including phenoxy) is 2. The number of piperazine rings is 2. The lowest BCUT2D eigenvalue weighted by Gasteiger charge is -2.50. The summed E-state index contributed by atoms with van der Waals surface area (Å²) in [6.45, 7) is 9.62. The molecule has 0 spiro atoms. The summed E-state index contributed by atoms with van der Waals surface area (Å²) in [7, 11) is 0. The molecule has 0 unspecified atom stereocenters. The number of nitrogens with zero attached hydrogens (tertiary/aromatic N) is 4. The Morgan fingerprint density at radius 3 is 2.46 bits per heavy atom. The van der Waals surface area contributed by atoms with E-state index in [1.54, 1.807) is 43.6 Å². The molecule has 37 heavy (non-hydrogen) atoms. The number of carbonyl (C=O) groups excluding carboxylic acids is 2. The number of benzene rings is 2. The topological polar surface area (TPSA) is 86.1 Å². The molecule has 2 heterocycles. The average Bonchev–Trinajstić information content (AvgIpc) is 2.86. The van der Waals surface area contributed by atoms with Crippen molar-refractivity contribution in [1.29, 1.82) is 5.26 Å². The van der Waals surface area contributed by atoms with E-state index in [2.05, 4.69) is 4.90 Å². The van der Waals surface area contributed by atoms with Crippen molar-refractivity contribution >= 4 is 12.2 Å². The van der Waals surface area contributed by atoms with Gasteiger partial charge < -0.3 is 14.4 Å². The van der Waals surface area contributed by atoms with Crippen LogP contribution >= 0.6 is 0 Å². The highest BCUT2D eigenvalue weighted by molar-refractivity contribution is 5.70. The second-order valence-corrected chi connectivity index (χ2v) is 10.5. The van der Waals surface area contributed by atoms with Crippen molar-refractivity contribution in [3.05, 3.63) is 70.5 Å². The molecule has 0 aromatic heterocycles. The predicted octanol–water partition coefficient (Wildman–Crippen LogP) is 4.62. The lowest BCUT2D eigenvalue weighted by molar-refractivity contribution is -0.0364. The Morgan fingerprint density at radius 1 is 1.05 bits per heavy atom. The minimum atomic E-state index is -0.700. The molecule has 0 radical (unpaired) electrons. The van der Waals surface area contributed by atoms with Crippen LogP contribution in [0.4, 0.5) is 14.0 Å². The summed E-state index contributed by atoms with van der Waals surface area (Å²) in [6.07, 6.45) is -0.870. The van der Waals surface area contributed by atoms with Crippen LogP contribution in [-0.2, 0) is 16.1 Å².